The summed E-state index contributed by atoms with van der Waals surface area (Å²) in [7, 11) is 1.17. The standard InChI is InChI=1S/C7H11NO2.C4H6O3/c1-2-7(9)8-3-5-10-6-4-8;1-3(5)4(6)7-2/h2H,1,3-6H2;5H,1H2,2H3. The quantitative estimate of drug-likeness (QED) is 0.428. The van der Waals surface area contributed by atoms with Crippen LogP contribution in [0.3, 0.4) is 0 Å². The van der Waals surface area contributed by atoms with Gasteiger partial charge in [-0.2, -0.15) is 0 Å². The number of carbonyl (C=O) groups excluding carboxylic acids is 2. The molecule has 1 rings (SSSR count). The molecular weight excluding hydrogens is 226 g/mol. The van der Waals surface area contributed by atoms with Crippen molar-refractivity contribution in [1.82, 2.24) is 4.90 Å². The first-order valence-electron chi connectivity index (χ1n) is 4.98. The van der Waals surface area contributed by atoms with Gasteiger partial charge in [-0.1, -0.05) is 6.58 Å². The Labute approximate surface area is 100 Å². The minimum Gasteiger partial charge on any atom is -0.502 e. The number of carbonyl (C=O) groups is 2. The summed E-state index contributed by atoms with van der Waals surface area (Å²) in [4.78, 5) is 22.6. The molecule has 0 saturated carbocycles. The number of nitrogens with zero attached hydrogens (tertiary/aromatic N) is 1. The molecule has 1 aliphatic heterocycles. The van der Waals surface area contributed by atoms with E-state index in [1.165, 1.54) is 13.2 Å². The molecule has 6 heteroatoms. The largest absolute Gasteiger partial charge is 0.502 e. The zero-order valence-corrected chi connectivity index (χ0v) is 9.85. The van der Waals surface area contributed by atoms with Gasteiger partial charge in [0, 0.05) is 13.1 Å². The van der Waals surface area contributed by atoms with Gasteiger partial charge in [0.05, 0.1) is 20.3 Å². The molecule has 0 unspecified atom stereocenters. The normalized spacial score (nSPS) is 14.1. The number of aliphatic hydroxyl groups is 1. The number of rotatable bonds is 2. The third-order valence-corrected chi connectivity index (χ3v) is 1.92. The number of hydrogen-bond acceptors (Lipinski definition) is 5. The molecular formula is C11H17NO5. The van der Waals surface area contributed by atoms with Gasteiger partial charge in [0.25, 0.3) is 0 Å². The molecule has 1 N–H and O–H groups in total. The molecule has 96 valence electrons. The minimum absolute atomic E-state index is 0.00306. The Hall–Kier alpha value is -1.82. The highest BCUT2D eigenvalue weighted by Gasteiger charge is 2.12. The summed E-state index contributed by atoms with van der Waals surface area (Å²) in [5.41, 5.74) is 0. The van der Waals surface area contributed by atoms with Gasteiger partial charge in [-0.25, -0.2) is 4.79 Å². The Balaban J connectivity index is 0.000000325. The Kier molecular flexibility index (Phi) is 7.45. The molecule has 1 heterocycles. The summed E-state index contributed by atoms with van der Waals surface area (Å²) in [5.74, 6) is -1.36. The third-order valence-electron chi connectivity index (χ3n) is 1.92. The minimum atomic E-state index is -0.792. The fraction of sp³-hybridized carbons (Fsp3) is 0.455. The molecule has 1 fully saturated rings. The van der Waals surface area contributed by atoms with E-state index in [-0.39, 0.29) is 5.91 Å². The number of ether oxygens (including phenoxy) is 2. The van der Waals surface area contributed by atoms with E-state index in [2.05, 4.69) is 17.9 Å². The second-order valence-electron chi connectivity index (χ2n) is 3.08. The average molecular weight is 243 g/mol. The predicted molar refractivity (Wildman–Crippen MR) is 61.4 cm³/mol. The van der Waals surface area contributed by atoms with Crippen molar-refractivity contribution in [3.63, 3.8) is 0 Å². The molecule has 0 bridgehead atoms. The van der Waals surface area contributed by atoms with Crippen LogP contribution in [0.1, 0.15) is 0 Å². The van der Waals surface area contributed by atoms with Gasteiger partial charge in [-0.15, -0.1) is 0 Å². The maximum Gasteiger partial charge on any atom is 0.372 e. The van der Waals surface area contributed by atoms with Gasteiger partial charge >= 0.3 is 5.97 Å². The van der Waals surface area contributed by atoms with Crippen molar-refractivity contribution in [2.24, 2.45) is 0 Å². The van der Waals surface area contributed by atoms with Crippen molar-refractivity contribution >= 4 is 11.9 Å². The zero-order chi connectivity index (χ0) is 13.3. The summed E-state index contributed by atoms with van der Waals surface area (Å²) in [5, 5.41) is 8.15. The van der Waals surface area contributed by atoms with Crippen molar-refractivity contribution in [2.45, 2.75) is 0 Å². The monoisotopic (exact) mass is 243 g/mol. The lowest BCUT2D eigenvalue weighted by Crippen LogP contribution is -2.39. The maximum absolute atomic E-state index is 10.9. The van der Waals surface area contributed by atoms with Crippen LogP contribution < -0.4 is 0 Å². The van der Waals surface area contributed by atoms with Gasteiger partial charge in [0.1, 0.15) is 0 Å². The molecule has 17 heavy (non-hydrogen) atoms. The van der Waals surface area contributed by atoms with Crippen LogP contribution in [0.5, 0.6) is 0 Å². The summed E-state index contributed by atoms with van der Waals surface area (Å²) in [6, 6.07) is 0. The van der Waals surface area contributed by atoms with Gasteiger partial charge < -0.3 is 19.5 Å². The molecule has 0 aromatic carbocycles. The van der Waals surface area contributed by atoms with E-state index in [4.69, 9.17) is 9.84 Å². The number of esters is 1. The maximum atomic E-state index is 10.9. The Morgan fingerprint density at radius 1 is 1.41 bits per heavy atom. The number of morpholine rings is 1. The molecule has 1 aliphatic rings. The van der Waals surface area contributed by atoms with Crippen LogP contribution in [0.25, 0.3) is 0 Å². The number of aliphatic hydroxyl groups excluding tert-OH is 1. The molecule has 0 aliphatic carbocycles. The SMILES string of the molecule is C=C(O)C(=O)OC.C=CC(=O)N1CCOCC1. The second-order valence-corrected chi connectivity index (χ2v) is 3.08. The molecule has 0 spiro atoms. The van der Waals surface area contributed by atoms with E-state index in [9.17, 15) is 9.59 Å². The molecule has 0 radical (unpaired) electrons. The topological polar surface area (TPSA) is 76.1 Å². The van der Waals surface area contributed by atoms with Gasteiger partial charge in [-0.05, 0) is 12.7 Å². The van der Waals surface area contributed by atoms with Crippen LogP contribution in [0.4, 0.5) is 0 Å². The van der Waals surface area contributed by atoms with Crippen molar-refractivity contribution in [1.29, 1.82) is 0 Å². The predicted octanol–water partition coefficient (Wildman–Crippen LogP) is 0.262. The van der Waals surface area contributed by atoms with Crippen molar-refractivity contribution < 1.29 is 24.2 Å². The molecule has 1 amide bonds. The summed E-state index contributed by atoms with van der Waals surface area (Å²) in [6.45, 7) is 9.01. The van der Waals surface area contributed by atoms with E-state index in [1.54, 1.807) is 4.90 Å². The lowest BCUT2D eigenvalue weighted by Gasteiger charge is -2.25. The fourth-order valence-electron chi connectivity index (χ4n) is 1.03. The van der Waals surface area contributed by atoms with Crippen LogP contribution >= 0.6 is 0 Å². The van der Waals surface area contributed by atoms with Crippen molar-refractivity contribution in [3.05, 3.63) is 25.0 Å². The summed E-state index contributed by atoms with van der Waals surface area (Å²) >= 11 is 0. The molecule has 6 nitrogen and oxygen atoms in total. The lowest BCUT2D eigenvalue weighted by atomic mass is 10.4. The van der Waals surface area contributed by atoms with E-state index in [0.29, 0.717) is 26.3 Å². The highest BCUT2D eigenvalue weighted by Crippen LogP contribution is 1.96. The third kappa shape index (κ3) is 6.36. The smallest absolute Gasteiger partial charge is 0.372 e. The van der Waals surface area contributed by atoms with Crippen LogP contribution in [0, 0.1) is 0 Å². The Morgan fingerprint density at radius 2 is 1.94 bits per heavy atom. The first-order valence-corrected chi connectivity index (χ1v) is 4.98. The number of hydrogen-bond donors (Lipinski definition) is 1. The molecule has 0 aromatic heterocycles. The van der Waals surface area contributed by atoms with E-state index in [1.807, 2.05) is 0 Å². The first-order chi connectivity index (χ1) is 8.02. The van der Waals surface area contributed by atoms with Crippen LogP contribution in [0.15, 0.2) is 25.0 Å². The average Bonchev–Trinajstić information content (AvgIpc) is 2.38. The van der Waals surface area contributed by atoms with Crippen molar-refractivity contribution in [3.8, 4) is 0 Å². The van der Waals surface area contributed by atoms with Crippen LogP contribution in [-0.4, -0.2) is 55.3 Å². The van der Waals surface area contributed by atoms with E-state index in [0.717, 1.165) is 0 Å². The highest BCUT2D eigenvalue weighted by atomic mass is 16.5. The highest BCUT2D eigenvalue weighted by molar-refractivity contribution is 5.87. The van der Waals surface area contributed by atoms with Gasteiger partial charge in [0.15, 0.2) is 5.76 Å². The zero-order valence-electron chi connectivity index (χ0n) is 9.85. The molecule has 1 saturated heterocycles. The fourth-order valence-corrected chi connectivity index (χ4v) is 1.03. The lowest BCUT2D eigenvalue weighted by molar-refractivity contribution is -0.139. The molecule has 0 aromatic rings. The van der Waals surface area contributed by atoms with E-state index >= 15 is 0 Å². The van der Waals surface area contributed by atoms with Gasteiger partial charge in [-0.3, -0.25) is 4.79 Å². The Bertz CT molecular complexity index is 294. The van der Waals surface area contributed by atoms with Crippen LogP contribution in [-0.2, 0) is 19.1 Å². The van der Waals surface area contributed by atoms with Gasteiger partial charge in [0.2, 0.25) is 5.91 Å². The Morgan fingerprint density at radius 3 is 2.24 bits per heavy atom. The first kappa shape index (κ1) is 15.2. The number of methoxy groups -OCH3 is 1. The van der Waals surface area contributed by atoms with Crippen LogP contribution in [0.2, 0.25) is 0 Å². The number of amides is 1. The van der Waals surface area contributed by atoms with E-state index < -0.39 is 11.7 Å². The molecule has 0 atom stereocenters. The second kappa shape index (κ2) is 8.35. The van der Waals surface area contributed by atoms with Crippen molar-refractivity contribution in [2.75, 3.05) is 33.4 Å². The summed E-state index contributed by atoms with van der Waals surface area (Å²) in [6.07, 6.45) is 1.34. The summed E-state index contributed by atoms with van der Waals surface area (Å²) < 4.78 is 9.09.